The van der Waals surface area contributed by atoms with E-state index in [2.05, 4.69) is 10.6 Å². The number of rotatable bonds is 5. The first-order valence-electron chi connectivity index (χ1n) is 5.30. The van der Waals surface area contributed by atoms with Crippen LogP contribution in [0.15, 0.2) is 12.1 Å². The Labute approximate surface area is 119 Å². The number of benzene rings is 1. The van der Waals surface area contributed by atoms with Crippen LogP contribution in [0, 0.1) is 17.5 Å². The summed E-state index contributed by atoms with van der Waals surface area (Å²) in [6, 6.07) is 1.58. The predicted molar refractivity (Wildman–Crippen MR) is 69.1 cm³/mol. The molecule has 112 valence electrons. The van der Waals surface area contributed by atoms with Gasteiger partial charge < -0.3 is 16.0 Å². The molecule has 0 spiro atoms. The van der Waals surface area contributed by atoms with Gasteiger partial charge in [0.1, 0.15) is 0 Å². The maximum absolute atomic E-state index is 13.2. The van der Waals surface area contributed by atoms with Crippen LogP contribution in [0.1, 0.15) is 0 Å². The number of hydrogen-bond donors (Lipinski definition) is 3. The number of anilines is 1. The summed E-state index contributed by atoms with van der Waals surface area (Å²) in [5.74, 6) is -5.69. The van der Waals surface area contributed by atoms with Gasteiger partial charge in [-0.05, 0) is 19.2 Å². The highest BCUT2D eigenvalue weighted by Gasteiger charge is 2.15. The Morgan fingerprint density at radius 2 is 1.70 bits per heavy atom. The van der Waals surface area contributed by atoms with Crippen LogP contribution in [-0.4, -0.2) is 32.0 Å². The lowest BCUT2D eigenvalue weighted by Crippen LogP contribution is -2.37. The standard InChI is InChI=1S/C11H12F3N3O2.ClH/c1-15-4-8(18)16-5-9(19)17-7-3-2-6(12)10(13)11(7)14;/h2-3,15H,4-5H2,1H3,(H,16,18)(H,17,19);1H. The first-order chi connectivity index (χ1) is 8.95. The van der Waals surface area contributed by atoms with Gasteiger partial charge in [0.25, 0.3) is 0 Å². The van der Waals surface area contributed by atoms with E-state index in [9.17, 15) is 22.8 Å². The first kappa shape index (κ1) is 18.2. The van der Waals surface area contributed by atoms with Gasteiger partial charge in [0, 0.05) is 0 Å². The van der Waals surface area contributed by atoms with Gasteiger partial charge in [-0.1, -0.05) is 0 Å². The summed E-state index contributed by atoms with van der Waals surface area (Å²) in [4.78, 5) is 22.4. The second kappa shape index (κ2) is 8.39. The number of nitrogens with one attached hydrogen (secondary N) is 3. The van der Waals surface area contributed by atoms with Crippen molar-refractivity contribution in [1.29, 1.82) is 0 Å². The van der Waals surface area contributed by atoms with Crippen LogP contribution in [0.5, 0.6) is 0 Å². The normalized spacial score (nSPS) is 9.60. The van der Waals surface area contributed by atoms with Crippen molar-refractivity contribution < 1.29 is 22.8 Å². The number of halogens is 4. The lowest BCUT2D eigenvalue weighted by molar-refractivity contribution is -0.123. The van der Waals surface area contributed by atoms with Crippen molar-refractivity contribution in [2.75, 3.05) is 25.5 Å². The number of amides is 2. The molecule has 0 atom stereocenters. The van der Waals surface area contributed by atoms with Crippen molar-refractivity contribution in [1.82, 2.24) is 10.6 Å². The summed E-state index contributed by atoms with van der Waals surface area (Å²) in [6.07, 6.45) is 0. The predicted octanol–water partition coefficient (Wildman–Crippen LogP) is 0.800. The summed E-state index contributed by atoms with van der Waals surface area (Å²) in [7, 11) is 1.55. The fourth-order valence-electron chi connectivity index (χ4n) is 1.22. The van der Waals surface area contributed by atoms with E-state index in [1.807, 2.05) is 5.32 Å². The van der Waals surface area contributed by atoms with Gasteiger partial charge in [0.05, 0.1) is 18.8 Å². The molecule has 9 heteroatoms. The van der Waals surface area contributed by atoms with Crippen molar-refractivity contribution in [2.45, 2.75) is 0 Å². The Kier molecular flexibility index (Phi) is 7.63. The zero-order valence-electron chi connectivity index (χ0n) is 10.4. The lowest BCUT2D eigenvalue weighted by Gasteiger charge is -2.08. The summed E-state index contributed by atoms with van der Waals surface area (Å²) >= 11 is 0. The number of carbonyl (C=O) groups is 2. The minimum atomic E-state index is -1.67. The van der Waals surface area contributed by atoms with E-state index in [0.717, 1.165) is 6.07 Å². The van der Waals surface area contributed by atoms with Gasteiger partial charge in [-0.15, -0.1) is 12.4 Å². The molecule has 0 aliphatic carbocycles. The second-order valence-corrected chi connectivity index (χ2v) is 3.58. The maximum Gasteiger partial charge on any atom is 0.243 e. The van der Waals surface area contributed by atoms with Crippen molar-refractivity contribution >= 4 is 29.9 Å². The molecule has 1 aromatic carbocycles. The Hall–Kier alpha value is -1.80. The molecule has 0 aromatic heterocycles. The van der Waals surface area contributed by atoms with E-state index >= 15 is 0 Å². The molecule has 0 heterocycles. The van der Waals surface area contributed by atoms with Gasteiger partial charge in [-0.25, -0.2) is 13.2 Å². The number of carbonyl (C=O) groups excluding carboxylic acids is 2. The Morgan fingerprint density at radius 3 is 2.30 bits per heavy atom. The van der Waals surface area contributed by atoms with Crippen molar-refractivity contribution in [3.8, 4) is 0 Å². The molecule has 5 nitrogen and oxygen atoms in total. The fraction of sp³-hybridized carbons (Fsp3) is 0.273. The molecule has 1 aromatic rings. The average Bonchev–Trinajstić information content (AvgIpc) is 2.37. The highest BCUT2D eigenvalue weighted by molar-refractivity contribution is 5.94. The van der Waals surface area contributed by atoms with E-state index in [-0.39, 0.29) is 19.0 Å². The summed E-state index contributed by atoms with van der Waals surface area (Å²) < 4.78 is 38.7. The van der Waals surface area contributed by atoms with Crippen molar-refractivity contribution in [3.05, 3.63) is 29.6 Å². The van der Waals surface area contributed by atoms with Crippen molar-refractivity contribution in [2.24, 2.45) is 0 Å². The summed E-state index contributed by atoms with van der Waals surface area (Å²) in [5.41, 5.74) is -0.494. The van der Waals surface area contributed by atoms with Gasteiger partial charge in [-0.3, -0.25) is 9.59 Å². The van der Waals surface area contributed by atoms with Crippen LogP contribution in [0.4, 0.5) is 18.9 Å². The molecular formula is C11H13ClF3N3O2. The molecular weight excluding hydrogens is 299 g/mol. The van der Waals surface area contributed by atoms with Crippen LogP contribution >= 0.6 is 12.4 Å². The molecule has 0 fully saturated rings. The minimum absolute atomic E-state index is 0. The van der Waals surface area contributed by atoms with Crippen LogP contribution in [0.2, 0.25) is 0 Å². The van der Waals surface area contributed by atoms with Crippen LogP contribution < -0.4 is 16.0 Å². The molecule has 2 amide bonds. The van der Waals surface area contributed by atoms with Crippen LogP contribution in [0.3, 0.4) is 0 Å². The molecule has 0 saturated heterocycles. The highest BCUT2D eigenvalue weighted by atomic mass is 35.5. The van der Waals surface area contributed by atoms with Crippen LogP contribution in [-0.2, 0) is 9.59 Å². The largest absolute Gasteiger partial charge is 0.346 e. The third kappa shape index (κ3) is 5.06. The lowest BCUT2D eigenvalue weighted by atomic mass is 10.2. The topological polar surface area (TPSA) is 70.2 Å². The minimum Gasteiger partial charge on any atom is -0.346 e. The van der Waals surface area contributed by atoms with E-state index in [1.54, 1.807) is 7.05 Å². The average molecular weight is 312 g/mol. The Morgan fingerprint density at radius 1 is 1.05 bits per heavy atom. The zero-order chi connectivity index (χ0) is 14.4. The molecule has 0 aliphatic rings. The van der Waals surface area contributed by atoms with Gasteiger partial charge in [0.15, 0.2) is 17.5 Å². The van der Waals surface area contributed by atoms with Gasteiger partial charge >= 0.3 is 0 Å². The Bertz CT molecular complexity index is 500. The maximum atomic E-state index is 13.2. The number of likely N-dealkylation sites (N-methyl/N-ethyl adjacent to an activating group) is 1. The summed E-state index contributed by atoms with van der Waals surface area (Å²) in [5, 5.41) is 6.83. The fourth-order valence-corrected chi connectivity index (χ4v) is 1.22. The van der Waals surface area contributed by atoms with E-state index < -0.39 is 41.5 Å². The molecule has 3 N–H and O–H groups in total. The highest BCUT2D eigenvalue weighted by Crippen LogP contribution is 2.19. The number of hydrogen-bond acceptors (Lipinski definition) is 3. The molecule has 0 aliphatic heterocycles. The summed E-state index contributed by atoms with van der Waals surface area (Å²) in [6.45, 7) is -0.383. The van der Waals surface area contributed by atoms with E-state index in [0.29, 0.717) is 6.07 Å². The molecule has 1 rings (SSSR count). The molecule has 20 heavy (non-hydrogen) atoms. The van der Waals surface area contributed by atoms with Crippen molar-refractivity contribution in [3.63, 3.8) is 0 Å². The third-order valence-electron chi connectivity index (χ3n) is 2.09. The first-order valence-corrected chi connectivity index (χ1v) is 5.30. The smallest absolute Gasteiger partial charge is 0.243 e. The SMILES string of the molecule is CNCC(=O)NCC(=O)Nc1ccc(F)c(F)c1F.Cl. The third-order valence-corrected chi connectivity index (χ3v) is 2.09. The van der Waals surface area contributed by atoms with E-state index in [4.69, 9.17) is 0 Å². The van der Waals surface area contributed by atoms with Gasteiger partial charge in [-0.2, -0.15) is 0 Å². The van der Waals surface area contributed by atoms with Gasteiger partial charge in [0.2, 0.25) is 11.8 Å². The molecule has 0 bridgehead atoms. The molecule has 0 radical (unpaired) electrons. The Balaban J connectivity index is 0.00000361. The van der Waals surface area contributed by atoms with E-state index in [1.165, 1.54) is 0 Å². The van der Waals surface area contributed by atoms with Crippen LogP contribution in [0.25, 0.3) is 0 Å². The second-order valence-electron chi connectivity index (χ2n) is 3.58. The quantitative estimate of drug-likeness (QED) is 0.705. The molecule has 0 unspecified atom stereocenters. The monoisotopic (exact) mass is 311 g/mol. The molecule has 0 saturated carbocycles. The zero-order valence-corrected chi connectivity index (χ0v) is 11.2.